The molecule has 1 aliphatic heterocycles. The second-order valence-corrected chi connectivity index (χ2v) is 5.24. The summed E-state index contributed by atoms with van der Waals surface area (Å²) in [6.45, 7) is 5.12. The Morgan fingerprint density at radius 1 is 1.55 bits per heavy atom. The van der Waals surface area contributed by atoms with Crippen LogP contribution in [0.4, 0.5) is 0 Å². The Bertz CT molecular complexity index is 471. The van der Waals surface area contributed by atoms with Crippen molar-refractivity contribution in [2.45, 2.75) is 31.8 Å². The van der Waals surface area contributed by atoms with Crippen LogP contribution in [0, 0.1) is 0 Å². The van der Waals surface area contributed by atoms with Gasteiger partial charge in [-0.05, 0) is 6.42 Å². The van der Waals surface area contributed by atoms with Gasteiger partial charge in [0.05, 0.1) is 0 Å². The van der Waals surface area contributed by atoms with E-state index in [-0.39, 0.29) is 12.0 Å². The molecule has 5 heteroatoms. The first-order chi connectivity index (χ1) is 9.70. The van der Waals surface area contributed by atoms with Crippen molar-refractivity contribution in [2.24, 2.45) is 0 Å². The Morgan fingerprint density at radius 2 is 2.30 bits per heavy atom. The highest BCUT2D eigenvalue weighted by Gasteiger charge is 2.23. The summed E-state index contributed by atoms with van der Waals surface area (Å²) in [7, 11) is 0. The number of aromatic nitrogens is 1. The fourth-order valence-electron chi connectivity index (χ4n) is 2.24. The van der Waals surface area contributed by atoms with Crippen molar-refractivity contribution >= 4 is 17.5 Å². The molecule has 0 aromatic carbocycles. The van der Waals surface area contributed by atoms with Gasteiger partial charge < -0.3 is 9.64 Å². The van der Waals surface area contributed by atoms with Gasteiger partial charge in [0.2, 0.25) is 5.91 Å². The van der Waals surface area contributed by atoms with Crippen LogP contribution in [0.5, 0.6) is 5.75 Å². The molecule has 0 bridgehead atoms. The molecule has 4 nitrogen and oxygen atoms in total. The molecule has 0 atom stereocenters. The lowest BCUT2D eigenvalue weighted by atomic mass is 10.1. The van der Waals surface area contributed by atoms with Gasteiger partial charge in [0.15, 0.2) is 0 Å². The molecule has 0 spiro atoms. The normalized spacial score (nSPS) is 15.9. The number of rotatable bonds is 5. The van der Waals surface area contributed by atoms with E-state index in [1.165, 1.54) is 0 Å². The molecule has 2 rings (SSSR count). The molecule has 1 aliphatic rings. The number of amides is 1. The predicted molar refractivity (Wildman–Crippen MR) is 78.9 cm³/mol. The Morgan fingerprint density at radius 3 is 2.95 bits per heavy atom. The highest BCUT2D eigenvalue weighted by atomic mass is 35.5. The summed E-state index contributed by atoms with van der Waals surface area (Å²) in [5.41, 5.74) is 0. The molecule has 0 N–H and O–H groups in total. The summed E-state index contributed by atoms with van der Waals surface area (Å²) in [5.74, 6) is 0.864. The van der Waals surface area contributed by atoms with Gasteiger partial charge in [0.1, 0.15) is 16.9 Å². The monoisotopic (exact) mass is 294 g/mol. The van der Waals surface area contributed by atoms with E-state index in [9.17, 15) is 4.79 Å². The molecule has 1 aromatic heterocycles. The van der Waals surface area contributed by atoms with Crippen LogP contribution in [0.15, 0.2) is 31.1 Å². The molecule has 0 radical (unpaired) electrons. The van der Waals surface area contributed by atoms with E-state index in [0.717, 1.165) is 32.4 Å². The van der Waals surface area contributed by atoms with Crippen LogP contribution in [-0.4, -0.2) is 35.0 Å². The molecule has 20 heavy (non-hydrogen) atoms. The number of halogens is 1. The van der Waals surface area contributed by atoms with E-state index in [1.807, 2.05) is 4.90 Å². The van der Waals surface area contributed by atoms with E-state index >= 15 is 0 Å². The number of piperidine rings is 1. The van der Waals surface area contributed by atoms with Crippen LogP contribution in [0.1, 0.15) is 25.7 Å². The zero-order valence-electron chi connectivity index (χ0n) is 11.4. The third-order valence-corrected chi connectivity index (χ3v) is 3.67. The number of carbonyl (C=O) groups is 1. The lowest BCUT2D eigenvalue weighted by molar-refractivity contribution is -0.132. The topological polar surface area (TPSA) is 42.4 Å². The number of carbonyl (C=O) groups excluding carboxylic acids is 1. The average Bonchev–Trinajstić information content (AvgIpc) is 2.48. The van der Waals surface area contributed by atoms with E-state index in [4.69, 9.17) is 16.3 Å². The first-order valence-corrected chi connectivity index (χ1v) is 7.23. The summed E-state index contributed by atoms with van der Waals surface area (Å²) >= 11 is 6.02. The Balaban J connectivity index is 1.81. The highest BCUT2D eigenvalue weighted by molar-refractivity contribution is 6.31. The van der Waals surface area contributed by atoms with Crippen LogP contribution in [-0.2, 0) is 4.79 Å². The van der Waals surface area contributed by atoms with Gasteiger partial charge in [0.25, 0.3) is 0 Å². The molecule has 0 unspecified atom stereocenters. The first kappa shape index (κ1) is 14.9. The van der Waals surface area contributed by atoms with Gasteiger partial charge in [-0.15, -0.1) is 6.58 Å². The van der Waals surface area contributed by atoms with Gasteiger partial charge in [-0.1, -0.05) is 17.7 Å². The third-order valence-electron chi connectivity index (χ3n) is 3.39. The maximum Gasteiger partial charge on any atom is 0.222 e. The van der Waals surface area contributed by atoms with Crippen LogP contribution in [0.3, 0.4) is 0 Å². The molecule has 108 valence electrons. The summed E-state index contributed by atoms with van der Waals surface area (Å²) < 4.78 is 5.87. The smallest absolute Gasteiger partial charge is 0.222 e. The minimum Gasteiger partial charge on any atom is -0.489 e. The van der Waals surface area contributed by atoms with Gasteiger partial charge in [-0.3, -0.25) is 9.78 Å². The Kier molecular flexibility index (Phi) is 5.41. The molecular weight excluding hydrogens is 276 g/mol. The third kappa shape index (κ3) is 3.97. The Hall–Kier alpha value is -1.55. The lowest BCUT2D eigenvalue weighted by Crippen LogP contribution is -2.41. The fourth-order valence-corrected chi connectivity index (χ4v) is 2.41. The predicted octanol–water partition coefficient (Wildman–Crippen LogP) is 3.07. The van der Waals surface area contributed by atoms with Crippen molar-refractivity contribution in [1.29, 1.82) is 0 Å². The molecule has 0 saturated carbocycles. The second kappa shape index (κ2) is 7.29. The minimum absolute atomic E-state index is 0.110. The maximum absolute atomic E-state index is 11.9. The van der Waals surface area contributed by atoms with Crippen molar-refractivity contribution in [1.82, 2.24) is 9.88 Å². The fraction of sp³-hybridized carbons (Fsp3) is 0.467. The van der Waals surface area contributed by atoms with Crippen LogP contribution >= 0.6 is 11.6 Å². The molecule has 2 heterocycles. The molecule has 0 aliphatic carbocycles. The van der Waals surface area contributed by atoms with E-state index in [2.05, 4.69) is 11.6 Å². The summed E-state index contributed by atoms with van der Waals surface area (Å²) in [5, 5.41) is 0.525. The number of nitrogens with zero attached hydrogens (tertiary/aromatic N) is 2. The maximum atomic E-state index is 11.9. The van der Waals surface area contributed by atoms with E-state index in [0.29, 0.717) is 17.2 Å². The average molecular weight is 295 g/mol. The number of pyridine rings is 1. The van der Waals surface area contributed by atoms with Crippen molar-refractivity contribution in [3.05, 3.63) is 36.1 Å². The highest BCUT2D eigenvalue weighted by Crippen LogP contribution is 2.26. The van der Waals surface area contributed by atoms with Gasteiger partial charge in [0, 0.05) is 50.8 Å². The second-order valence-electron chi connectivity index (χ2n) is 4.83. The van der Waals surface area contributed by atoms with Crippen molar-refractivity contribution in [3.8, 4) is 5.75 Å². The van der Waals surface area contributed by atoms with Crippen LogP contribution in [0.2, 0.25) is 5.02 Å². The molecule has 1 aromatic rings. The number of likely N-dealkylation sites (tertiary alicyclic amines) is 1. The van der Waals surface area contributed by atoms with Crippen LogP contribution < -0.4 is 4.74 Å². The number of hydrogen-bond acceptors (Lipinski definition) is 3. The molecule has 1 saturated heterocycles. The first-order valence-electron chi connectivity index (χ1n) is 6.85. The SMILES string of the molecule is C=CCCC(=O)N1CCC(Oc2ccncc2Cl)CC1. The summed E-state index contributed by atoms with van der Waals surface area (Å²) in [6.07, 6.45) is 8.07. The largest absolute Gasteiger partial charge is 0.489 e. The standard InChI is InChI=1S/C15H19ClN2O2/c1-2-3-4-15(19)18-9-6-12(7-10-18)20-14-5-8-17-11-13(14)16/h2,5,8,11-12H,1,3-4,6-7,9-10H2. The van der Waals surface area contributed by atoms with Crippen LogP contribution in [0.25, 0.3) is 0 Å². The minimum atomic E-state index is 0.110. The Labute approximate surface area is 124 Å². The molecule has 1 fully saturated rings. The van der Waals surface area contributed by atoms with Crippen molar-refractivity contribution in [3.63, 3.8) is 0 Å². The lowest BCUT2D eigenvalue weighted by Gasteiger charge is -2.32. The zero-order chi connectivity index (χ0) is 14.4. The van der Waals surface area contributed by atoms with Gasteiger partial charge >= 0.3 is 0 Å². The molecular formula is C15H19ClN2O2. The quantitative estimate of drug-likeness (QED) is 0.784. The summed E-state index contributed by atoms with van der Waals surface area (Å²) in [6, 6.07) is 1.77. The number of allylic oxidation sites excluding steroid dienone is 1. The van der Waals surface area contributed by atoms with E-state index < -0.39 is 0 Å². The number of ether oxygens (including phenoxy) is 1. The molecule has 1 amide bonds. The number of hydrogen-bond donors (Lipinski definition) is 0. The zero-order valence-corrected chi connectivity index (χ0v) is 12.2. The van der Waals surface area contributed by atoms with Crippen molar-refractivity contribution < 1.29 is 9.53 Å². The van der Waals surface area contributed by atoms with Gasteiger partial charge in [-0.25, -0.2) is 0 Å². The van der Waals surface area contributed by atoms with Crippen molar-refractivity contribution in [2.75, 3.05) is 13.1 Å². The summed E-state index contributed by atoms with van der Waals surface area (Å²) in [4.78, 5) is 17.7. The van der Waals surface area contributed by atoms with E-state index in [1.54, 1.807) is 24.5 Å². The van der Waals surface area contributed by atoms with Gasteiger partial charge in [-0.2, -0.15) is 0 Å².